The van der Waals surface area contributed by atoms with E-state index in [-0.39, 0.29) is 6.42 Å². The molecule has 1 rings (SSSR count). The molecular formula is C17H25N7O8. The molecule has 1 aromatic rings. The predicted octanol–water partition coefficient (Wildman–Crippen LogP) is -3.81. The molecule has 32 heavy (non-hydrogen) atoms. The van der Waals surface area contributed by atoms with Crippen molar-refractivity contribution in [3.63, 3.8) is 0 Å². The van der Waals surface area contributed by atoms with Crippen molar-refractivity contribution >= 4 is 35.6 Å². The fourth-order valence-electron chi connectivity index (χ4n) is 2.44. The van der Waals surface area contributed by atoms with Gasteiger partial charge in [0.15, 0.2) is 0 Å². The third-order valence-electron chi connectivity index (χ3n) is 4.11. The number of aliphatic carboxylic acids is 2. The summed E-state index contributed by atoms with van der Waals surface area (Å²) in [6, 6.07) is -5.64. The van der Waals surface area contributed by atoms with Gasteiger partial charge in [0.1, 0.15) is 18.1 Å². The maximum absolute atomic E-state index is 12.7. The van der Waals surface area contributed by atoms with Crippen LogP contribution in [0.4, 0.5) is 0 Å². The van der Waals surface area contributed by atoms with Crippen molar-refractivity contribution < 1.29 is 39.0 Å². The Balaban J connectivity index is 3.00. The number of imidazole rings is 1. The standard InChI is InChI=1S/C17H25N7O8/c1-7(17(31)32)22-15(29)10(2-8-5-20-6-21-8)24-16(30)11(4-12(19)25)23-14(28)9(18)3-13(26)27/h5-7,9-11H,2-4,18H2,1H3,(H2,19,25)(H,20,21)(H,22,29)(H,23,28)(H,24,30)(H,26,27)(H,31,32). The van der Waals surface area contributed by atoms with Crippen LogP contribution in [0.3, 0.4) is 0 Å². The van der Waals surface area contributed by atoms with Crippen molar-refractivity contribution in [2.24, 2.45) is 11.5 Å². The number of aromatic nitrogens is 2. The van der Waals surface area contributed by atoms with Gasteiger partial charge >= 0.3 is 11.9 Å². The minimum absolute atomic E-state index is 0.125. The number of rotatable bonds is 13. The Morgan fingerprint density at radius 2 is 1.59 bits per heavy atom. The number of carboxylic acids is 2. The molecule has 4 amide bonds. The maximum atomic E-state index is 12.7. The lowest BCUT2D eigenvalue weighted by atomic mass is 10.1. The third-order valence-corrected chi connectivity index (χ3v) is 4.11. The Bertz CT molecular complexity index is 857. The number of amides is 4. The number of nitrogens with zero attached hydrogens (tertiary/aromatic N) is 1. The SMILES string of the molecule is CC(NC(=O)C(Cc1cnc[nH]1)NC(=O)C(CC(N)=O)NC(=O)C(N)CC(=O)O)C(=O)O. The van der Waals surface area contributed by atoms with E-state index < -0.39 is 72.6 Å². The molecule has 0 fully saturated rings. The number of carboxylic acid groups (broad SMARTS) is 2. The molecule has 1 heterocycles. The zero-order valence-electron chi connectivity index (χ0n) is 17.0. The first-order valence-corrected chi connectivity index (χ1v) is 9.27. The summed E-state index contributed by atoms with van der Waals surface area (Å²) < 4.78 is 0. The van der Waals surface area contributed by atoms with Gasteiger partial charge in [0.2, 0.25) is 23.6 Å². The van der Waals surface area contributed by atoms with E-state index in [1.54, 1.807) is 0 Å². The van der Waals surface area contributed by atoms with E-state index in [1.807, 2.05) is 0 Å². The van der Waals surface area contributed by atoms with Crippen molar-refractivity contribution in [3.05, 3.63) is 18.2 Å². The lowest BCUT2D eigenvalue weighted by molar-refractivity contribution is -0.142. The Kier molecular flexibility index (Phi) is 9.75. The third kappa shape index (κ3) is 8.78. The molecule has 0 spiro atoms. The number of H-pyrrole nitrogens is 1. The van der Waals surface area contributed by atoms with Crippen LogP contribution < -0.4 is 27.4 Å². The molecular weight excluding hydrogens is 430 g/mol. The largest absolute Gasteiger partial charge is 0.481 e. The smallest absolute Gasteiger partial charge is 0.325 e. The van der Waals surface area contributed by atoms with Crippen LogP contribution >= 0.6 is 0 Å². The van der Waals surface area contributed by atoms with Crippen LogP contribution in [0.25, 0.3) is 0 Å². The second kappa shape index (κ2) is 12.0. The molecule has 0 bridgehead atoms. The maximum Gasteiger partial charge on any atom is 0.325 e. The lowest BCUT2D eigenvalue weighted by Crippen LogP contribution is -2.58. The summed E-state index contributed by atoms with van der Waals surface area (Å²) >= 11 is 0. The monoisotopic (exact) mass is 455 g/mol. The number of carbonyl (C=O) groups excluding carboxylic acids is 4. The molecule has 176 valence electrons. The van der Waals surface area contributed by atoms with Gasteiger partial charge in [-0.05, 0) is 6.92 Å². The molecule has 0 saturated heterocycles. The van der Waals surface area contributed by atoms with Gasteiger partial charge in [-0.3, -0.25) is 28.8 Å². The average Bonchev–Trinajstić information content (AvgIpc) is 3.18. The Hall–Kier alpha value is -4.01. The fourth-order valence-corrected chi connectivity index (χ4v) is 2.44. The van der Waals surface area contributed by atoms with Crippen molar-refractivity contribution in [1.82, 2.24) is 25.9 Å². The molecule has 0 saturated carbocycles. The highest BCUT2D eigenvalue weighted by atomic mass is 16.4. The van der Waals surface area contributed by atoms with Gasteiger partial charge in [-0.15, -0.1) is 0 Å². The molecule has 0 aliphatic heterocycles. The van der Waals surface area contributed by atoms with Crippen LogP contribution in [-0.4, -0.2) is 79.9 Å². The molecule has 4 unspecified atom stereocenters. The van der Waals surface area contributed by atoms with E-state index in [0.717, 1.165) is 0 Å². The topological polar surface area (TPSA) is 260 Å². The number of hydrogen-bond acceptors (Lipinski definition) is 8. The summed E-state index contributed by atoms with van der Waals surface area (Å²) in [6.07, 6.45) is 1.18. The van der Waals surface area contributed by atoms with Gasteiger partial charge in [-0.2, -0.15) is 0 Å². The Morgan fingerprint density at radius 3 is 2.09 bits per heavy atom. The number of primary amides is 1. The van der Waals surface area contributed by atoms with Gasteiger partial charge in [0, 0.05) is 18.3 Å². The van der Waals surface area contributed by atoms with Crippen LogP contribution in [0.15, 0.2) is 12.5 Å². The average molecular weight is 455 g/mol. The van der Waals surface area contributed by atoms with E-state index in [1.165, 1.54) is 19.4 Å². The highest BCUT2D eigenvalue weighted by Crippen LogP contribution is 2.03. The quantitative estimate of drug-likeness (QED) is 0.144. The second-order valence-corrected chi connectivity index (χ2v) is 6.85. The highest BCUT2D eigenvalue weighted by Gasteiger charge is 2.31. The minimum Gasteiger partial charge on any atom is -0.481 e. The molecule has 15 nitrogen and oxygen atoms in total. The number of nitrogens with two attached hydrogens (primary N) is 2. The van der Waals surface area contributed by atoms with E-state index >= 15 is 0 Å². The van der Waals surface area contributed by atoms with E-state index in [4.69, 9.17) is 21.7 Å². The van der Waals surface area contributed by atoms with Gasteiger partial charge in [-0.1, -0.05) is 0 Å². The van der Waals surface area contributed by atoms with E-state index in [0.29, 0.717) is 5.69 Å². The Morgan fingerprint density at radius 1 is 1.00 bits per heavy atom. The van der Waals surface area contributed by atoms with E-state index in [2.05, 4.69) is 25.9 Å². The van der Waals surface area contributed by atoms with Crippen LogP contribution in [0.2, 0.25) is 0 Å². The molecule has 15 heteroatoms. The summed E-state index contributed by atoms with van der Waals surface area (Å²) in [7, 11) is 0. The van der Waals surface area contributed by atoms with Gasteiger partial charge in [0.05, 0.1) is 25.2 Å². The fraction of sp³-hybridized carbons (Fsp3) is 0.471. The summed E-state index contributed by atoms with van der Waals surface area (Å²) in [4.78, 5) is 76.9. The molecule has 1 aromatic heterocycles. The summed E-state index contributed by atoms with van der Waals surface area (Å²) in [5.41, 5.74) is 11.0. The molecule has 4 atom stereocenters. The Labute approximate surface area is 181 Å². The number of aromatic amines is 1. The normalized spacial score (nSPS) is 14.3. The van der Waals surface area contributed by atoms with Crippen molar-refractivity contribution in [2.45, 2.75) is 50.4 Å². The molecule has 0 radical (unpaired) electrons. The van der Waals surface area contributed by atoms with Crippen molar-refractivity contribution in [2.75, 3.05) is 0 Å². The van der Waals surface area contributed by atoms with Crippen LogP contribution in [0.5, 0.6) is 0 Å². The highest BCUT2D eigenvalue weighted by molar-refractivity contribution is 5.96. The molecule has 0 aliphatic rings. The van der Waals surface area contributed by atoms with Gasteiger partial charge in [0.25, 0.3) is 0 Å². The van der Waals surface area contributed by atoms with Crippen LogP contribution in [0, 0.1) is 0 Å². The number of hydrogen-bond donors (Lipinski definition) is 8. The summed E-state index contributed by atoms with van der Waals surface area (Å²) in [6.45, 7) is 1.22. The summed E-state index contributed by atoms with van der Waals surface area (Å²) in [5, 5.41) is 24.4. The summed E-state index contributed by atoms with van der Waals surface area (Å²) in [5.74, 6) is -6.50. The van der Waals surface area contributed by atoms with Crippen LogP contribution in [0.1, 0.15) is 25.5 Å². The molecule has 10 N–H and O–H groups in total. The van der Waals surface area contributed by atoms with Crippen molar-refractivity contribution in [3.8, 4) is 0 Å². The number of carbonyl (C=O) groups is 6. The number of nitrogens with one attached hydrogen (secondary N) is 4. The van der Waals surface area contributed by atoms with E-state index in [9.17, 15) is 28.8 Å². The lowest BCUT2D eigenvalue weighted by Gasteiger charge is -2.24. The first kappa shape index (κ1) is 26.0. The molecule has 0 aromatic carbocycles. The minimum atomic E-state index is -1.56. The zero-order chi connectivity index (χ0) is 24.4. The van der Waals surface area contributed by atoms with Crippen LogP contribution in [-0.2, 0) is 35.2 Å². The zero-order valence-corrected chi connectivity index (χ0v) is 17.0. The van der Waals surface area contributed by atoms with Crippen molar-refractivity contribution in [1.29, 1.82) is 0 Å². The second-order valence-electron chi connectivity index (χ2n) is 6.85. The molecule has 0 aliphatic carbocycles. The van der Waals surface area contributed by atoms with Gasteiger partial charge < -0.3 is 42.6 Å². The predicted molar refractivity (Wildman–Crippen MR) is 105 cm³/mol. The van der Waals surface area contributed by atoms with Gasteiger partial charge in [-0.25, -0.2) is 4.98 Å². The first-order chi connectivity index (χ1) is 14.9. The first-order valence-electron chi connectivity index (χ1n) is 9.27.